The van der Waals surface area contributed by atoms with E-state index >= 15 is 0 Å². The topological polar surface area (TPSA) is 72.1 Å². The van der Waals surface area contributed by atoms with Crippen LogP contribution < -0.4 is 10.6 Å². The number of aromatic nitrogens is 4. The minimum Gasteiger partial charge on any atom is -0.357 e. The highest BCUT2D eigenvalue weighted by Gasteiger charge is 2.06. The van der Waals surface area contributed by atoms with Gasteiger partial charge in [-0.2, -0.15) is 0 Å². The summed E-state index contributed by atoms with van der Waals surface area (Å²) in [4.78, 5) is 4.57. The third-order valence-corrected chi connectivity index (χ3v) is 3.32. The number of guanidine groups is 1. The van der Waals surface area contributed by atoms with E-state index in [2.05, 4.69) is 44.7 Å². The molecule has 2 aromatic rings. The van der Waals surface area contributed by atoms with Gasteiger partial charge in [-0.15, -0.1) is 40.8 Å². The summed E-state index contributed by atoms with van der Waals surface area (Å²) >= 11 is 0. The molecule has 0 saturated carbocycles. The summed E-state index contributed by atoms with van der Waals surface area (Å²) in [5.74, 6) is 2.48. The van der Waals surface area contributed by atoms with E-state index in [1.165, 1.54) is 0 Å². The van der Waals surface area contributed by atoms with Gasteiger partial charge in [0.05, 0.1) is 13.1 Å². The van der Waals surface area contributed by atoms with Crippen LogP contribution in [0.4, 0.5) is 0 Å². The molecule has 23 heavy (non-hydrogen) atoms. The maximum atomic E-state index is 4.57. The predicted octanol–water partition coefficient (Wildman–Crippen LogP) is 1.50. The molecule has 0 aliphatic rings. The normalized spacial score (nSPS) is 11.0. The molecule has 0 unspecified atom stereocenters. The molecule has 0 aliphatic heterocycles. The predicted molar refractivity (Wildman–Crippen MR) is 103 cm³/mol. The van der Waals surface area contributed by atoms with Crippen molar-refractivity contribution in [3.8, 4) is 0 Å². The van der Waals surface area contributed by atoms with Crippen LogP contribution in [0.25, 0.3) is 0 Å². The number of nitrogens with zero attached hydrogens (tertiary/aromatic N) is 5. The van der Waals surface area contributed by atoms with Crippen molar-refractivity contribution in [1.29, 1.82) is 0 Å². The van der Waals surface area contributed by atoms with Gasteiger partial charge in [0.25, 0.3) is 0 Å². The van der Waals surface area contributed by atoms with Crippen molar-refractivity contribution < 1.29 is 0 Å². The molecule has 2 aromatic heterocycles. The smallest absolute Gasteiger partial charge is 0.192 e. The van der Waals surface area contributed by atoms with Gasteiger partial charge in [0, 0.05) is 33.0 Å². The molecule has 2 N–H and O–H groups in total. The van der Waals surface area contributed by atoms with Crippen LogP contribution in [0.15, 0.2) is 36.1 Å². The number of aliphatic imine (C=N–C) groups is 1. The zero-order valence-electron chi connectivity index (χ0n) is 13.8. The third-order valence-electron chi connectivity index (χ3n) is 3.32. The van der Waals surface area contributed by atoms with Crippen molar-refractivity contribution in [1.82, 2.24) is 30.0 Å². The Labute approximate surface area is 153 Å². The number of halogens is 1. The highest BCUT2D eigenvalue weighted by atomic mass is 127. The van der Waals surface area contributed by atoms with Gasteiger partial charge in [-0.3, -0.25) is 0 Å². The van der Waals surface area contributed by atoms with Crippen molar-refractivity contribution in [2.45, 2.75) is 20.0 Å². The minimum absolute atomic E-state index is 0. The molecule has 0 atom stereocenters. The number of rotatable bonds is 6. The molecule has 2 heterocycles. The number of aryl methyl sites for hydroxylation is 2. The average Bonchev–Trinajstić information content (AvgIpc) is 3.06. The molecule has 0 fully saturated rings. The Bertz CT molecular complexity index is 657. The fraction of sp³-hybridized carbons (Fsp3) is 0.400. The lowest BCUT2D eigenvalue weighted by molar-refractivity contribution is 0.721. The Kier molecular flexibility index (Phi) is 7.79. The van der Waals surface area contributed by atoms with Crippen LogP contribution >= 0.6 is 24.0 Å². The van der Waals surface area contributed by atoms with Gasteiger partial charge < -0.3 is 19.8 Å². The van der Waals surface area contributed by atoms with Crippen molar-refractivity contribution >= 4 is 29.9 Å². The summed E-state index contributed by atoms with van der Waals surface area (Å²) in [6.45, 7) is 7.47. The highest BCUT2D eigenvalue weighted by Crippen LogP contribution is 2.01. The van der Waals surface area contributed by atoms with Crippen LogP contribution in [0.5, 0.6) is 0 Å². The van der Waals surface area contributed by atoms with Crippen LogP contribution in [0, 0.1) is 6.92 Å². The molecule has 0 bridgehead atoms. The summed E-state index contributed by atoms with van der Waals surface area (Å²) < 4.78 is 3.97. The fourth-order valence-electron chi connectivity index (χ4n) is 1.94. The van der Waals surface area contributed by atoms with Gasteiger partial charge in [-0.25, -0.2) is 4.99 Å². The SMILES string of the molecule is C=CCNC(=NCc1ccn(C)c1)NCc1nnc(C)n1C.I. The van der Waals surface area contributed by atoms with Gasteiger partial charge in [0.1, 0.15) is 5.82 Å². The Balaban J connectivity index is 0.00000264. The molecule has 0 spiro atoms. The second kappa shape index (κ2) is 9.33. The zero-order valence-corrected chi connectivity index (χ0v) is 16.1. The van der Waals surface area contributed by atoms with Gasteiger partial charge in [0.2, 0.25) is 0 Å². The van der Waals surface area contributed by atoms with Crippen LogP contribution in [0.1, 0.15) is 17.2 Å². The van der Waals surface area contributed by atoms with Crippen LogP contribution in [-0.4, -0.2) is 31.8 Å². The lowest BCUT2D eigenvalue weighted by Crippen LogP contribution is -2.37. The number of hydrogen-bond donors (Lipinski definition) is 2. The maximum absolute atomic E-state index is 4.57. The molecular formula is C15H24IN7. The van der Waals surface area contributed by atoms with E-state index in [1.807, 2.05) is 36.4 Å². The fourth-order valence-corrected chi connectivity index (χ4v) is 1.94. The Morgan fingerprint density at radius 2 is 2.13 bits per heavy atom. The van der Waals surface area contributed by atoms with E-state index in [1.54, 1.807) is 6.08 Å². The summed E-state index contributed by atoms with van der Waals surface area (Å²) in [5.41, 5.74) is 1.16. The number of hydrogen-bond acceptors (Lipinski definition) is 3. The Hall–Kier alpha value is -1.84. The minimum atomic E-state index is 0. The maximum Gasteiger partial charge on any atom is 0.192 e. The summed E-state index contributed by atoms with van der Waals surface area (Å²) in [7, 11) is 3.95. The lowest BCUT2D eigenvalue weighted by Gasteiger charge is -2.11. The zero-order chi connectivity index (χ0) is 15.9. The van der Waals surface area contributed by atoms with E-state index in [-0.39, 0.29) is 24.0 Å². The van der Waals surface area contributed by atoms with Crippen molar-refractivity contribution in [3.05, 3.63) is 48.3 Å². The van der Waals surface area contributed by atoms with Crippen LogP contribution in [0.3, 0.4) is 0 Å². The Morgan fingerprint density at radius 1 is 1.35 bits per heavy atom. The Morgan fingerprint density at radius 3 is 2.70 bits per heavy atom. The molecular weight excluding hydrogens is 405 g/mol. The standard InChI is InChI=1S/C15H23N7.HI/c1-5-7-16-15(17-9-13-6-8-21(3)11-13)18-10-14-20-19-12(2)22(14)4;/h5-6,8,11H,1,7,9-10H2,2-4H3,(H2,16,17,18);1H. The average molecular weight is 429 g/mol. The first-order valence-corrected chi connectivity index (χ1v) is 7.19. The van der Waals surface area contributed by atoms with Gasteiger partial charge >= 0.3 is 0 Å². The largest absolute Gasteiger partial charge is 0.357 e. The summed E-state index contributed by atoms with van der Waals surface area (Å²) in [6, 6.07) is 2.06. The quantitative estimate of drug-likeness (QED) is 0.316. The first-order valence-electron chi connectivity index (χ1n) is 7.19. The van der Waals surface area contributed by atoms with Gasteiger partial charge in [0.15, 0.2) is 11.8 Å². The van der Waals surface area contributed by atoms with Crippen LogP contribution in [-0.2, 0) is 27.2 Å². The monoisotopic (exact) mass is 429 g/mol. The lowest BCUT2D eigenvalue weighted by atomic mass is 10.3. The van der Waals surface area contributed by atoms with Gasteiger partial charge in [-0.05, 0) is 18.6 Å². The molecule has 0 radical (unpaired) electrons. The third kappa shape index (κ3) is 5.70. The summed E-state index contributed by atoms with van der Waals surface area (Å²) in [6.07, 6.45) is 5.87. The molecule has 0 amide bonds. The first-order chi connectivity index (χ1) is 10.6. The molecule has 2 rings (SSSR count). The van der Waals surface area contributed by atoms with E-state index in [0.717, 1.165) is 23.2 Å². The van der Waals surface area contributed by atoms with Crippen molar-refractivity contribution in [2.75, 3.05) is 6.54 Å². The van der Waals surface area contributed by atoms with Crippen molar-refractivity contribution in [2.24, 2.45) is 19.1 Å². The van der Waals surface area contributed by atoms with E-state index in [4.69, 9.17) is 0 Å². The summed E-state index contributed by atoms with van der Waals surface area (Å²) in [5, 5.41) is 14.6. The number of nitrogens with one attached hydrogen (secondary N) is 2. The van der Waals surface area contributed by atoms with Crippen molar-refractivity contribution in [3.63, 3.8) is 0 Å². The molecule has 0 aromatic carbocycles. The van der Waals surface area contributed by atoms with Crippen LogP contribution in [0.2, 0.25) is 0 Å². The highest BCUT2D eigenvalue weighted by molar-refractivity contribution is 14.0. The second-order valence-electron chi connectivity index (χ2n) is 5.10. The first kappa shape index (κ1) is 19.2. The van der Waals surface area contributed by atoms with E-state index in [9.17, 15) is 0 Å². The molecule has 0 saturated heterocycles. The van der Waals surface area contributed by atoms with E-state index < -0.39 is 0 Å². The molecule has 0 aliphatic carbocycles. The molecule has 126 valence electrons. The molecule has 7 nitrogen and oxygen atoms in total. The molecule has 8 heteroatoms. The van der Waals surface area contributed by atoms with E-state index in [0.29, 0.717) is 19.6 Å². The second-order valence-corrected chi connectivity index (χ2v) is 5.10. The van der Waals surface area contributed by atoms with Gasteiger partial charge in [-0.1, -0.05) is 6.08 Å².